The van der Waals surface area contributed by atoms with Gasteiger partial charge < -0.3 is 4.98 Å². The van der Waals surface area contributed by atoms with Gasteiger partial charge in [-0.15, -0.1) is 0 Å². The first-order valence-corrected chi connectivity index (χ1v) is 10.1. The Morgan fingerprint density at radius 3 is 2.69 bits per heavy atom. The number of nitrogens with one attached hydrogen (secondary N) is 2. The van der Waals surface area contributed by atoms with E-state index in [0.29, 0.717) is 0 Å². The fourth-order valence-electron chi connectivity index (χ4n) is 3.63. The van der Waals surface area contributed by atoms with Crippen LogP contribution in [-0.2, 0) is 0 Å². The van der Waals surface area contributed by atoms with E-state index in [1.807, 2.05) is 12.1 Å². The van der Waals surface area contributed by atoms with Crippen molar-refractivity contribution < 1.29 is 0 Å². The minimum atomic E-state index is 0.797. The van der Waals surface area contributed by atoms with Crippen LogP contribution < -0.4 is 0 Å². The number of hydrogen-bond donors (Lipinski definition) is 2. The largest absolute Gasteiger partial charge is 0.353 e. The van der Waals surface area contributed by atoms with E-state index in [2.05, 4.69) is 66.2 Å². The zero-order valence-corrected chi connectivity index (χ0v) is 15.9. The minimum Gasteiger partial charge on any atom is -0.353 e. The Balaban J connectivity index is 1.53. The minimum absolute atomic E-state index is 0.797. The van der Waals surface area contributed by atoms with Crippen LogP contribution in [0.4, 0.5) is 0 Å². The molecule has 0 aliphatic carbocycles. The first kappa shape index (κ1) is 16.1. The lowest BCUT2D eigenvalue weighted by Crippen LogP contribution is -1.87. The summed E-state index contributed by atoms with van der Waals surface area (Å²) in [5.74, 6) is 0. The van der Waals surface area contributed by atoms with Gasteiger partial charge >= 0.3 is 0 Å². The van der Waals surface area contributed by atoms with Gasteiger partial charge in [-0.05, 0) is 52.2 Å². The van der Waals surface area contributed by atoms with Crippen LogP contribution in [0.3, 0.4) is 0 Å². The lowest BCUT2D eigenvalue weighted by molar-refractivity contribution is 1.12. The number of H-pyrrole nitrogens is 2. The summed E-state index contributed by atoms with van der Waals surface area (Å²) >= 11 is 1.70. The number of fused-ring (bicyclic) bond motifs is 2. The Morgan fingerprint density at radius 1 is 0.897 bits per heavy atom. The van der Waals surface area contributed by atoms with E-state index in [0.717, 1.165) is 39.2 Å². The lowest BCUT2D eigenvalue weighted by atomic mass is 10.0. The predicted molar refractivity (Wildman–Crippen MR) is 116 cm³/mol. The number of thiophene rings is 1. The quantitative estimate of drug-likeness (QED) is 0.427. The van der Waals surface area contributed by atoms with Crippen molar-refractivity contribution in [1.29, 1.82) is 0 Å². The Bertz CT molecular complexity index is 1450. The monoisotopic (exact) mass is 394 g/mol. The number of pyridine rings is 1. The first-order chi connectivity index (χ1) is 14.4. The van der Waals surface area contributed by atoms with E-state index in [-0.39, 0.29) is 0 Å². The van der Waals surface area contributed by atoms with Crippen LogP contribution in [0.15, 0.2) is 71.9 Å². The van der Waals surface area contributed by atoms with Crippen LogP contribution in [0.5, 0.6) is 0 Å². The van der Waals surface area contributed by atoms with Crippen molar-refractivity contribution in [3.8, 4) is 33.8 Å². The van der Waals surface area contributed by atoms with E-state index in [9.17, 15) is 0 Å². The molecule has 5 heterocycles. The number of aromatic nitrogens is 6. The van der Waals surface area contributed by atoms with Crippen molar-refractivity contribution in [2.45, 2.75) is 0 Å². The third kappa shape index (κ3) is 2.63. The van der Waals surface area contributed by atoms with Crippen molar-refractivity contribution in [1.82, 2.24) is 30.1 Å². The Labute approximate surface area is 169 Å². The van der Waals surface area contributed by atoms with Crippen LogP contribution in [0.2, 0.25) is 0 Å². The SMILES string of the molecule is c1cc(-c2ccsc2)c2cc(-c3n[nH]c4ccc(-c5cncnc5)nc34)[nH]c2c1. The summed E-state index contributed by atoms with van der Waals surface area (Å²) in [6, 6.07) is 14.5. The molecule has 29 heavy (non-hydrogen) atoms. The molecule has 138 valence electrons. The molecule has 0 aliphatic rings. The van der Waals surface area contributed by atoms with Gasteiger partial charge in [0.25, 0.3) is 0 Å². The average Bonchev–Trinajstić information content (AvgIpc) is 3.52. The normalized spacial score (nSPS) is 11.4. The molecule has 0 spiro atoms. The maximum absolute atomic E-state index is 4.83. The van der Waals surface area contributed by atoms with Gasteiger partial charge in [0.1, 0.15) is 17.5 Å². The molecule has 0 unspecified atom stereocenters. The molecule has 5 aromatic heterocycles. The zero-order chi connectivity index (χ0) is 19.2. The van der Waals surface area contributed by atoms with Gasteiger partial charge in [0.15, 0.2) is 0 Å². The second-order valence-electron chi connectivity index (χ2n) is 6.75. The van der Waals surface area contributed by atoms with Gasteiger partial charge in [-0.25, -0.2) is 15.0 Å². The van der Waals surface area contributed by atoms with Gasteiger partial charge in [0.05, 0.1) is 16.9 Å². The second kappa shape index (κ2) is 6.35. The van der Waals surface area contributed by atoms with E-state index in [1.165, 1.54) is 22.8 Å². The number of aromatic amines is 2. The molecule has 7 heteroatoms. The van der Waals surface area contributed by atoms with E-state index in [1.54, 1.807) is 23.7 Å². The Kier molecular flexibility index (Phi) is 3.54. The van der Waals surface area contributed by atoms with Gasteiger partial charge in [-0.2, -0.15) is 16.4 Å². The summed E-state index contributed by atoms with van der Waals surface area (Å²) in [5.41, 5.74) is 8.63. The molecule has 0 bridgehead atoms. The number of nitrogens with zero attached hydrogens (tertiary/aromatic N) is 4. The van der Waals surface area contributed by atoms with Crippen molar-refractivity contribution in [3.05, 3.63) is 71.9 Å². The molecular weight excluding hydrogens is 380 g/mol. The topological polar surface area (TPSA) is 83.1 Å². The Morgan fingerprint density at radius 2 is 1.83 bits per heavy atom. The van der Waals surface area contributed by atoms with Crippen LogP contribution in [0, 0.1) is 0 Å². The zero-order valence-electron chi connectivity index (χ0n) is 15.1. The molecule has 6 nitrogen and oxygen atoms in total. The van der Waals surface area contributed by atoms with Crippen LogP contribution in [-0.4, -0.2) is 30.1 Å². The molecule has 0 amide bonds. The summed E-state index contributed by atoms with van der Waals surface area (Å²) in [5, 5.41) is 13.1. The average molecular weight is 394 g/mol. The molecule has 1 aromatic carbocycles. The van der Waals surface area contributed by atoms with Gasteiger partial charge in [-0.3, -0.25) is 5.10 Å². The maximum atomic E-state index is 4.83. The summed E-state index contributed by atoms with van der Waals surface area (Å²) in [4.78, 5) is 16.5. The van der Waals surface area contributed by atoms with Crippen LogP contribution in [0.1, 0.15) is 0 Å². The van der Waals surface area contributed by atoms with E-state index >= 15 is 0 Å². The molecule has 6 aromatic rings. The molecule has 0 radical (unpaired) electrons. The predicted octanol–water partition coefficient (Wildman–Crippen LogP) is 5.29. The molecule has 2 N–H and O–H groups in total. The number of rotatable bonds is 3. The van der Waals surface area contributed by atoms with E-state index < -0.39 is 0 Å². The molecule has 0 saturated carbocycles. The molecule has 0 saturated heterocycles. The van der Waals surface area contributed by atoms with Crippen molar-refractivity contribution in [3.63, 3.8) is 0 Å². The highest BCUT2D eigenvalue weighted by atomic mass is 32.1. The lowest BCUT2D eigenvalue weighted by Gasteiger charge is -2.00. The number of benzene rings is 1. The third-order valence-corrected chi connectivity index (χ3v) is 5.70. The maximum Gasteiger partial charge on any atom is 0.135 e. The fourth-order valence-corrected chi connectivity index (χ4v) is 4.29. The van der Waals surface area contributed by atoms with Gasteiger partial charge in [0.2, 0.25) is 0 Å². The fraction of sp³-hybridized carbons (Fsp3) is 0. The molecule has 6 rings (SSSR count). The van der Waals surface area contributed by atoms with Crippen molar-refractivity contribution in [2.75, 3.05) is 0 Å². The summed E-state index contributed by atoms with van der Waals surface area (Å²) < 4.78 is 0. The third-order valence-electron chi connectivity index (χ3n) is 5.02. The second-order valence-corrected chi connectivity index (χ2v) is 7.53. The molecule has 0 fully saturated rings. The summed E-state index contributed by atoms with van der Waals surface area (Å²) in [7, 11) is 0. The summed E-state index contributed by atoms with van der Waals surface area (Å²) in [6.07, 6.45) is 5.04. The van der Waals surface area contributed by atoms with Crippen molar-refractivity contribution >= 4 is 33.3 Å². The molecule has 0 aliphatic heterocycles. The van der Waals surface area contributed by atoms with Gasteiger partial charge in [0, 0.05) is 28.9 Å². The van der Waals surface area contributed by atoms with Gasteiger partial charge in [-0.1, -0.05) is 12.1 Å². The smallest absolute Gasteiger partial charge is 0.135 e. The highest BCUT2D eigenvalue weighted by Crippen LogP contribution is 2.34. The Hall–Kier alpha value is -3.84. The summed E-state index contributed by atoms with van der Waals surface area (Å²) in [6.45, 7) is 0. The highest BCUT2D eigenvalue weighted by Gasteiger charge is 2.15. The molecular formula is C22H14N6S. The highest BCUT2D eigenvalue weighted by molar-refractivity contribution is 7.08. The number of hydrogen-bond acceptors (Lipinski definition) is 5. The van der Waals surface area contributed by atoms with Crippen LogP contribution in [0.25, 0.3) is 55.7 Å². The molecule has 0 atom stereocenters. The first-order valence-electron chi connectivity index (χ1n) is 9.12. The van der Waals surface area contributed by atoms with Crippen LogP contribution >= 0.6 is 11.3 Å². The van der Waals surface area contributed by atoms with E-state index in [4.69, 9.17) is 4.98 Å². The van der Waals surface area contributed by atoms with Crippen molar-refractivity contribution in [2.24, 2.45) is 0 Å². The standard InChI is InChI=1S/C22H14N6S/c1-2-15(13-6-7-29-11-13)16-8-20(25-18(16)3-1)22-21-19(27-28-22)5-4-17(26-21)14-9-23-12-24-10-14/h1-12,25H,(H,27,28).